The lowest BCUT2D eigenvalue weighted by Crippen LogP contribution is -2.54. The van der Waals surface area contributed by atoms with E-state index in [1.807, 2.05) is 42.3 Å². The molecule has 17 nitrogen and oxygen atoms in total. The summed E-state index contributed by atoms with van der Waals surface area (Å²) in [4.78, 5) is 59.0. The smallest absolute Gasteiger partial charge is 0.262 e. The zero-order valence-electron chi connectivity index (χ0n) is 31.0. The highest BCUT2D eigenvalue weighted by atomic mass is 16.5. The van der Waals surface area contributed by atoms with E-state index in [4.69, 9.17) is 18.9 Å². The molecule has 2 aromatic heterocycles. The van der Waals surface area contributed by atoms with Crippen molar-refractivity contribution in [2.75, 3.05) is 47.6 Å². The van der Waals surface area contributed by atoms with Crippen LogP contribution in [-0.2, 0) is 27.5 Å². The van der Waals surface area contributed by atoms with Crippen molar-refractivity contribution >= 4 is 29.2 Å². The average molecular weight is 765 g/mol. The summed E-state index contributed by atoms with van der Waals surface area (Å²) in [6.45, 7) is 2.75. The van der Waals surface area contributed by atoms with Gasteiger partial charge >= 0.3 is 0 Å². The molecule has 0 aliphatic carbocycles. The van der Waals surface area contributed by atoms with E-state index in [2.05, 4.69) is 25.5 Å². The summed E-state index contributed by atoms with van der Waals surface area (Å²) in [5.74, 6) is -0.469. The van der Waals surface area contributed by atoms with E-state index in [1.54, 1.807) is 37.6 Å². The SMILES string of the molecule is COc1cc(C2=CN(C)C(O)c3cnccc32)cc(OC)c1CN1CC(n2cc(COCCOc3ccc4c(c3)C(=O)N(C3CCC(=O)NC3=O)C4=O)nn2)C1. The summed E-state index contributed by atoms with van der Waals surface area (Å²) in [6.07, 6.45) is 6.55. The summed E-state index contributed by atoms with van der Waals surface area (Å²) in [5.41, 5.74) is 5.39. The molecule has 4 aliphatic rings. The van der Waals surface area contributed by atoms with Crippen molar-refractivity contribution < 1.29 is 43.2 Å². The standard InChI is InChI=1S/C39H40N8O9/c1-44-19-30(26-8-9-40-15-29(26)37(44)50)22-12-33(53-2)31(34(13-22)54-3)20-45-17-24(18-45)46-16-23(42-43-46)21-55-10-11-56-25-4-5-27-28(14-25)39(52)47(38(27)51)32-6-7-35(48)41-36(32)49/h4-5,8-9,12-16,19,24,32,37,50H,6-7,10-11,17-18,20-21H2,1-3H3,(H,41,48,49). The molecule has 2 fully saturated rings. The van der Waals surface area contributed by atoms with Crippen molar-refractivity contribution in [2.24, 2.45) is 0 Å². The highest BCUT2D eigenvalue weighted by Crippen LogP contribution is 2.41. The van der Waals surface area contributed by atoms with Crippen molar-refractivity contribution in [2.45, 2.75) is 44.3 Å². The van der Waals surface area contributed by atoms with E-state index in [0.717, 1.165) is 45.8 Å². The molecule has 2 atom stereocenters. The number of carbonyl (C=O) groups is 4. The Balaban J connectivity index is 0.817. The van der Waals surface area contributed by atoms with Gasteiger partial charge in [-0.1, -0.05) is 5.21 Å². The lowest BCUT2D eigenvalue weighted by Gasteiger charge is -2.39. The van der Waals surface area contributed by atoms with Gasteiger partial charge in [0.15, 0.2) is 6.23 Å². The van der Waals surface area contributed by atoms with Gasteiger partial charge in [-0.25, -0.2) is 4.68 Å². The molecule has 290 valence electrons. The third-order valence-electron chi connectivity index (χ3n) is 10.5. The number of nitrogens with zero attached hydrogens (tertiary/aromatic N) is 7. The van der Waals surface area contributed by atoms with Crippen LogP contribution < -0.4 is 19.5 Å². The van der Waals surface area contributed by atoms with E-state index in [9.17, 15) is 24.3 Å². The van der Waals surface area contributed by atoms with Crippen LogP contribution in [-0.4, -0.2) is 117 Å². The number of hydrogen-bond donors (Lipinski definition) is 2. The number of benzene rings is 2. The number of hydrogen-bond acceptors (Lipinski definition) is 14. The Morgan fingerprint density at radius 3 is 2.46 bits per heavy atom. The monoisotopic (exact) mass is 764 g/mol. The van der Waals surface area contributed by atoms with Gasteiger partial charge in [0.05, 0.1) is 56.4 Å². The number of aliphatic hydroxyl groups is 1. The van der Waals surface area contributed by atoms with Crippen LogP contribution in [0.2, 0.25) is 0 Å². The minimum Gasteiger partial charge on any atom is -0.496 e. The van der Waals surface area contributed by atoms with Gasteiger partial charge in [0.25, 0.3) is 11.8 Å². The normalized spacial score (nSPS) is 19.7. The first-order valence-electron chi connectivity index (χ1n) is 18.1. The Morgan fingerprint density at radius 2 is 1.71 bits per heavy atom. The maximum atomic E-state index is 13.1. The number of rotatable bonds is 13. The van der Waals surface area contributed by atoms with Gasteiger partial charge < -0.3 is 29.0 Å². The molecule has 4 aliphatic heterocycles. The fraction of sp³-hybridized carbons (Fsp3) is 0.359. The first-order chi connectivity index (χ1) is 27.1. The highest BCUT2D eigenvalue weighted by molar-refractivity contribution is 6.23. The predicted octanol–water partition coefficient (Wildman–Crippen LogP) is 2.07. The highest BCUT2D eigenvalue weighted by Gasteiger charge is 2.44. The third-order valence-corrected chi connectivity index (χ3v) is 10.5. The van der Waals surface area contributed by atoms with Crippen LogP contribution in [0.1, 0.15) is 73.8 Å². The topological polar surface area (TPSA) is 191 Å². The summed E-state index contributed by atoms with van der Waals surface area (Å²) < 4.78 is 25.1. The van der Waals surface area contributed by atoms with Gasteiger partial charge in [0.2, 0.25) is 11.8 Å². The first kappa shape index (κ1) is 36.8. The van der Waals surface area contributed by atoms with Gasteiger partial charge in [-0.05, 0) is 53.9 Å². The second-order valence-corrected chi connectivity index (χ2v) is 14.0. The minimum atomic E-state index is -1.03. The molecule has 0 radical (unpaired) electrons. The Bertz CT molecular complexity index is 2230. The molecule has 2 N–H and O–H groups in total. The molecule has 2 aromatic carbocycles. The van der Waals surface area contributed by atoms with Crippen molar-refractivity contribution in [3.63, 3.8) is 0 Å². The molecule has 0 spiro atoms. The number of fused-ring (bicyclic) bond motifs is 2. The maximum absolute atomic E-state index is 13.1. The van der Waals surface area contributed by atoms with Crippen LogP contribution >= 0.6 is 0 Å². The lowest BCUT2D eigenvalue weighted by atomic mass is 9.91. The maximum Gasteiger partial charge on any atom is 0.262 e. The number of nitrogens with one attached hydrogen (secondary N) is 1. The number of methoxy groups -OCH3 is 2. The zero-order valence-corrected chi connectivity index (χ0v) is 31.0. The number of imide groups is 2. The van der Waals surface area contributed by atoms with Crippen molar-refractivity contribution in [3.05, 3.63) is 100 Å². The Labute approximate surface area is 321 Å². The number of amides is 4. The van der Waals surface area contributed by atoms with E-state index >= 15 is 0 Å². The van der Waals surface area contributed by atoms with Crippen LogP contribution in [0, 0.1) is 0 Å². The molecule has 8 rings (SSSR count). The zero-order chi connectivity index (χ0) is 39.1. The minimum absolute atomic E-state index is 0.0528. The van der Waals surface area contributed by atoms with Crippen molar-refractivity contribution in [1.29, 1.82) is 0 Å². The van der Waals surface area contributed by atoms with Crippen LogP contribution in [0.25, 0.3) is 5.57 Å². The molecule has 17 heteroatoms. The third kappa shape index (κ3) is 6.84. The Hall–Kier alpha value is -6.17. The van der Waals surface area contributed by atoms with E-state index in [1.165, 1.54) is 12.1 Å². The van der Waals surface area contributed by atoms with Crippen molar-refractivity contribution in [1.82, 2.24) is 40.0 Å². The summed E-state index contributed by atoms with van der Waals surface area (Å²) in [6, 6.07) is 9.57. The number of piperidine rings is 1. The van der Waals surface area contributed by atoms with E-state index < -0.39 is 35.9 Å². The Morgan fingerprint density at radius 1 is 0.946 bits per heavy atom. The second kappa shape index (κ2) is 15.2. The number of aliphatic hydroxyl groups excluding tert-OH is 1. The summed E-state index contributed by atoms with van der Waals surface area (Å²) >= 11 is 0. The van der Waals surface area contributed by atoms with Gasteiger partial charge in [0.1, 0.15) is 35.6 Å². The largest absolute Gasteiger partial charge is 0.496 e. The average Bonchev–Trinajstić information content (AvgIpc) is 3.75. The molecule has 56 heavy (non-hydrogen) atoms. The van der Waals surface area contributed by atoms with Gasteiger partial charge in [-0.3, -0.25) is 39.3 Å². The van der Waals surface area contributed by atoms with E-state index in [-0.39, 0.29) is 49.8 Å². The van der Waals surface area contributed by atoms with Crippen LogP contribution in [0.5, 0.6) is 17.2 Å². The fourth-order valence-electron chi connectivity index (χ4n) is 7.50. The molecule has 6 heterocycles. The molecule has 4 aromatic rings. The Kier molecular flexibility index (Phi) is 9.96. The number of carbonyl (C=O) groups excluding carboxylic acids is 4. The quantitative estimate of drug-likeness (QED) is 0.149. The lowest BCUT2D eigenvalue weighted by molar-refractivity contribution is -0.136. The molecule has 0 bridgehead atoms. The molecule has 0 saturated carbocycles. The number of likely N-dealkylation sites (tertiary alicyclic amines) is 1. The molecular formula is C39H40N8O9. The summed E-state index contributed by atoms with van der Waals surface area (Å²) in [5, 5.41) is 21.5. The van der Waals surface area contributed by atoms with Gasteiger partial charge in [-0.2, -0.15) is 0 Å². The molecule has 2 saturated heterocycles. The predicted molar refractivity (Wildman–Crippen MR) is 196 cm³/mol. The van der Waals surface area contributed by atoms with Crippen molar-refractivity contribution in [3.8, 4) is 17.2 Å². The number of pyridine rings is 1. The van der Waals surface area contributed by atoms with Gasteiger partial charge in [-0.15, -0.1) is 5.10 Å². The fourth-order valence-corrected chi connectivity index (χ4v) is 7.50. The molecule has 4 amide bonds. The van der Waals surface area contributed by atoms with E-state index in [0.29, 0.717) is 29.5 Å². The molecular weight excluding hydrogens is 724 g/mol. The molecule has 2 unspecified atom stereocenters. The second-order valence-electron chi connectivity index (χ2n) is 14.0. The van der Waals surface area contributed by atoms with Crippen LogP contribution in [0.4, 0.5) is 0 Å². The first-order valence-corrected chi connectivity index (χ1v) is 18.1. The number of aromatic nitrogens is 4. The van der Waals surface area contributed by atoms with Crippen LogP contribution in [0.3, 0.4) is 0 Å². The number of ether oxygens (including phenoxy) is 4. The van der Waals surface area contributed by atoms with Crippen LogP contribution in [0.15, 0.2) is 61.2 Å². The summed E-state index contributed by atoms with van der Waals surface area (Å²) in [7, 11) is 5.11. The van der Waals surface area contributed by atoms with Gasteiger partial charge in [0, 0.05) is 62.8 Å².